The lowest BCUT2D eigenvalue weighted by atomic mass is 9.94. The van der Waals surface area contributed by atoms with E-state index in [4.69, 9.17) is 4.74 Å². The lowest BCUT2D eigenvalue weighted by Crippen LogP contribution is -2.38. The Kier molecular flexibility index (Phi) is 6.18. The summed E-state index contributed by atoms with van der Waals surface area (Å²) in [7, 11) is 0. The number of carbonyl (C=O) groups excluding carboxylic acids is 2. The summed E-state index contributed by atoms with van der Waals surface area (Å²) in [5.41, 5.74) is 1.02. The Morgan fingerprint density at radius 1 is 1.39 bits per heavy atom. The van der Waals surface area contributed by atoms with Crippen LogP contribution < -0.4 is 5.32 Å². The Hall–Kier alpha value is -1.40. The Bertz CT molecular complexity index is 551. The molecule has 5 atom stereocenters. The number of halogens is 1. The number of rotatable bonds is 5. The molecule has 1 aliphatic rings. The van der Waals surface area contributed by atoms with Crippen LogP contribution in [-0.2, 0) is 14.3 Å². The van der Waals surface area contributed by atoms with E-state index in [2.05, 4.69) is 21.2 Å². The van der Waals surface area contributed by atoms with Gasteiger partial charge in [0.2, 0.25) is 5.91 Å². The molecule has 2 N–H and O–H groups in total. The van der Waals surface area contributed by atoms with Gasteiger partial charge in [-0.05, 0) is 18.9 Å². The van der Waals surface area contributed by atoms with Crippen LogP contribution in [0.5, 0.6) is 0 Å². The third kappa shape index (κ3) is 4.54. The van der Waals surface area contributed by atoms with Gasteiger partial charge in [0.05, 0.1) is 18.8 Å². The average molecular weight is 384 g/mol. The molecule has 1 amide bonds. The van der Waals surface area contributed by atoms with Crippen molar-refractivity contribution in [3.63, 3.8) is 0 Å². The molecule has 1 aromatic rings. The first-order valence-electron chi connectivity index (χ1n) is 7.71. The molecule has 0 saturated heterocycles. The van der Waals surface area contributed by atoms with E-state index in [9.17, 15) is 14.7 Å². The summed E-state index contributed by atoms with van der Waals surface area (Å²) in [6.07, 6.45) is -0.197. The zero-order valence-electron chi connectivity index (χ0n) is 13.2. The van der Waals surface area contributed by atoms with Crippen molar-refractivity contribution in [3.05, 3.63) is 35.9 Å². The number of ether oxygens (including phenoxy) is 1. The van der Waals surface area contributed by atoms with Crippen molar-refractivity contribution in [3.8, 4) is 0 Å². The van der Waals surface area contributed by atoms with Crippen LogP contribution in [0.1, 0.15) is 31.9 Å². The number of carbonyl (C=O) groups is 2. The summed E-state index contributed by atoms with van der Waals surface area (Å²) in [6.45, 7) is 3.29. The number of esters is 1. The molecule has 23 heavy (non-hydrogen) atoms. The molecule has 0 spiro atoms. The van der Waals surface area contributed by atoms with E-state index >= 15 is 0 Å². The Morgan fingerprint density at radius 3 is 2.65 bits per heavy atom. The zero-order chi connectivity index (χ0) is 17.0. The summed E-state index contributed by atoms with van der Waals surface area (Å²) in [5, 5.41) is 13.2. The summed E-state index contributed by atoms with van der Waals surface area (Å²) in [6, 6.07) is 9.57. The third-order valence-electron chi connectivity index (χ3n) is 4.28. The smallest absolute Gasteiger partial charge is 0.302 e. The van der Waals surface area contributed by atoms with E-state index in [1.54, 1.807) is 0 Å². The minimum absolute atomic E-state index is 0.0520. The molecular formula is C17H22BrNO4. The molecule has 126 valence electrons. The molecule has 1 saturated carbocycles. The van der Waals surface area contributed by atoms with Crippen molar-refractivity contribution in [2.75, 3.05) is 6.61 Å². The predicted octanol–water partition coefficient (Wildman–Crippen LogP) is 2.19. The highest BCUT2D eigenvalue weighted by molar-refractivity contribution is 9.09. The van der Waals surface area contributed by atoms with Gasteiger partial charge in [-0.15, -0.1) is 0 Å². The largest absolute Gasteiger partial charge is 0.465 e. The fraction of sp³-hybridized carbons (Fsp3) is 0.529. The monoisotopic (exact) mass is 383 g/mol. The van der Waals surface area contributed by atoms with Crippen molar-refractivity contribution < 1.29 is 19.4 Å². The summed E-state index contributed by atoms with van der Waals surface area (Å²) in [5.74, 6) is -1.32. The van der Waals surface area contributed by atoms with Crippen LogP contribution in [-0.4, -0.2) is 34.5 Å². The van der Waals surface area contributed by atoms with Gasteiger partial charge in [0.15, 0.2) is 0 Å². The molecule has 0 unspecified atom stereocenters. The Balaban J connectivity index is 2.02. The summed E-state index contributed by atoms with van der Waals surface area (Å²) < 4.78 is 5.01. The fourth-order valence-corrected chi connectivity index (χ4v) is 3.73. The molecule has 5 nitrogen and oxygen atoms in total. The minimum atomic E-state index is -0.711. The van der Waals surface area contributed by atoms with Gasteiger partial charge in [-0.2, -0.15) is 0 Å². The van der Waals surface area contributed by atoms with E-state index in [1.807, 2.05) is 37.3 Å². The average Bonchev–Trinajstić information content (AvgIpc) is 2.81. The standard InChI is InChI=1S/C17H22BrNO4/c1-10(12-6-4-3-5-7-12)19-17(22)13-8-15(18)16(21)14(13)9-23-11(2)20/h3-7,10,13-16,21H,8-9H2,1-2H3,(H,19,22)/t10-,13+,14+,15-,16-/m1/s1. The van der Waals surface area contributed by atoms with Gasteiger partial charge in [0.1, 0.15) is 0 Å². The molecule has 0 aromatic heterocycles. The molecular weight excluding hydrogens is 362 g/mol. The van der Waals surface area contributed by atoms with E-state index in [0.717, 1.165) is 5.56 Å². The molecule has 0 aliphatic heterocycles. The van der Waals surface area contributed by atoms with E-state index in [0.29, 0.717) is 6.42 Å². The van der Waals surface area contributed by atoms with Crippen LogP contribution in [0, 0.1) is 11.8 Å². The van der Waals surface area contributed by atoms with Crippen molar-refractivity contribution in [1.82, 2.24) is 5.32 Å². The van der Waals surface area contributed by atoms with Gasteiger partial charge in [0, 0.05) is 23.6 Å². The van der Waals surface area contributed by atoms with Crippen LogP contribution in [0.15, 0.2) is 30.3 Å². The van der Waals surface area contributed by atoms with Crippen LogP contribution in [0.2, 0.25) is 0 Å². The van der Waals surface area contributed by atoms with E-state index in [1.165, 1.54) is 6.92 Å². The van der Waals surface area contributed by atoms with Crippen LogP contribution in [0.25, 0.3) is 0 Å². The molecule has 1 fully saturated rings. The zero-order valence-corrected chi connectivity index (χ0v) is 14.8. The fourth-order valence-electron chi connectivity index (χ4n) is 2.94. The Labute approximate surface area is 144 Å². The minimum Gasteiger partial charge on any atom is -0.465 e. The molecule has 0 heterocycles. The van der Waals surface area contributed by atoms with Gasteiger partial charge < -0.3 is 15.2 Å². The number of hydrogen-bond donors (Lipinski definition) is 2. The van der Waals surface area contributed by atoms with Crippen LogP contribution in [0.4, 0.5) is 0 Å². The lowest BCUT2D eigenvalue weighted by Gasteiger charge is -2.23. The number of benzene rings is 1. The van der Waals surface area contributed by atoms with E-state index in [-0.39, 0.29) is 29.3 Å². The summed E-state index contributed by atoms with van der Waals surface area (Å²) >= 11 is 3.40. The van der Waals surface area contributed by atoms with Crippen molar-refractivity contribution >= 4 is 27.8 Å². The first-order chi connectivity index (χ1) is 10.9. The number of aliphatic hydroxyl groups excluding tert-OH is 1. The maximum atomic E-state index is 12.6. The van der Waals surface area contributed by atoms with E-state index < -0.39 is 18.0 Å². The number of amides is 1. The third-order valence-corrected chi connectivity index (χ3v) is 5.19. The van der Waals surface area contributed by atoms with Crippen LogP contribution in [0.3, 0.4) is 0 Å². The maximum absolute atomic E-state index is 12.6. The maximum Gasteiger partial charge on any atom is 0.302 e. The van der Waals surface area contributed by atoms with Gasteiger partial charge >= 0.3 is 5.97 Å². The normalized spacial score (nSPS) is 28.2. The molecule has 1 aromatic carbocycles. The quantitative estimate of drug-likeness (QED) is 0.603. The number of hydrogen-bond acceptors (Lipinski definition) is 4. The predicted molar refractivity (Wildman–Crippen MR) is 90.0 cm³/mol. The first kappa shape index (κ1) is 17.9. The van der Waals surface area contributed by atoms with Crippen molar-refractivity contribution in [2.24, 2.45) is 11.8 Å². The van der Waals surface area contributed by atoms with Gasteiger partial charge in [-0.3, -0.25) is 9.59 Å². The first-order valence-corrected chi connectivity index (χ1v) is 8.62. The number of alkyl halides is 1. The van der Waals surface area contributed by atoms with Crippen molar-refractivity contribution in [1.29, 1.82) is 0 Å². The number of nitrogens with one attached hydrogen (secondary N) is 1. The lowest BCUT2D eigenvalue weighted by molar-refractivity contribution is -0.145. The number of aliphatic hydroxyl groups is 1. The highest BCUT2D eigenvalue weighted by Crippen LogP contribution is 2.37. The second-order valence-corrected chi connectivity index (χ2v) is 7.13. The van der Waals surface area contributed by atoms with Gasteiger partial charge in [-0.25, -0.2) is 0 Å². The topological polar surface area (TPSA) is 75.6 Å². The highest BCUT2D eigenvalue weighted by Gasteiger charge is 2.45. The van der Waals surface area contributed by atoms with Crippen LogP contribution >= 0.6 is 15.9 Å². The Morgan fingerprint density at radius 2 is 2.04 bits per heavy atom. The second-order valence-electron chi connectivity index (χ2n) is 5.96. The molecule has 0 radical (unpaired) electrons. The molecule has 0 bridgehead atoms. The van der Waals surface area contributed by atoms with Crippen molar-refractivity contribution in [2.45, 2.75) is 37.2 Å². The molecule has 2 rings (SSSR count). The highest BCUT2D eigenvalue weighted by atomic mass is 79.9. The summed E-state index contributed by atoms with van der Waals surface area (Å²) in [4.78, 5) is 23.4. The van der Waals surface area contributed by atoms with Gasteiger partial charge in [-0.1, -0.05) is 46.3 Å². The molecule has 1 aliphatic carbocycles. The SMILES string of the molecule is CC(=O)OC[C@@H]1[C@@H](O)[C@H](Br)C[C@@H]1C(=O)N[C@H](C)c1ccccc1. The second kappa shape index (κ2) is 7.93. The molecule has 6 heteroatoms. The van der Waals surface area contributed by atoms with Gasteiger partial charge in [0.25, 0.3) is 0 Å².